The van der Waals surface area contributed by atoms with Gasteiger partial charge in [-0.25, -0.2) is 0 Å². The molecule has 1 aromatic rings. The molecule has 1 unspecified atom stereocenters. The van der Waals surface area contributed by atoms with E-state index in [0.717, 1.165) is 12.0 Å². The third-order valence-electron chi connectivity index (χ3n) is 2.56. The van der Waals surface area contributed by atoms with Gasteiger partial charge in [-0.15, -0.1) is 0 Å². The Morgan fingerprint density at radius 3 is 2.74 bits per heavy atom. The van der Waals surface area contributed by atoms with Gasteiger partial charge in [0.2, 0.25) is 5.91 Å². The third-order valence-corrected chi connectivity index (χ3v) is 2.56. The molecule has 4 nitrogen and oxygen atoms in total. The summed E-state index contributed by atoms with van der Waals surface area (Å²) in [6.45, 7) is 2.29. The van der Waals surface area contributed by atoms with Gasteiger partial charge in [-0.05, 0) is 43.5 Å². The van der Waals surface area contributed by atoms with Crippen molar-refractivity contribution in [2.24, 2.45) is 0 Å². The molecule has 0 spiro atoms. The second kappa shape index (κ2) is 8.06. The fraction of sp³-hybridized carbons (Fsp3) is 0.333. The van der Waals surface area contributed by atoms with Gasteiger partial charge in [0.15, 0.2) is 0 Å². The van der Waals surface area contributed by atoms with E-state index in [4.69, 9.17) is 10.4 Å². The van der Waals surface area contributed by atoms with E-state index in [1.807, 2.05) is 6.07 Å². The van der Waals surface area contributed by atoms with E-state index in [2.05, 4.69) is 5.32 Å². The highest BCUT2D eigenvalue weighted by Gasteiger charge is 1.97. The van der Waals surface area contributed by atoms with Gasteiger partial charge < -0.3 is 10.4 Å². The van der Waals surface area contributed by atoms with Crippen molar-refractivity contribution in [1.29, 1.82) is 5.26 Å². The summed E-state index contributed by atoms with van der Waals surface area (Å²) in [4.78, 5) is 11.5. The molecule has 0 radical (unpaired) electrons. The molecule has 0 aliphatic heterocycles. The summed E-state index contributed by atoms with van der Waals surface area (Å²) in [5.74, 6) is -0.157. The molecule has 2 N–H and O–H groups in total. The highest BCUT2D eigenvalue weighted by Crippen LogP contribution is 2.04. The van der Waals surface area contributed by atoms with Gasteiger partial charge in [0.05, 0.1) is 17.7 Å². The number of nitrogens with one attached hydrogen (secondary N) is 1. The maximum atomic E-state index is 11.5. The van der Waals surface area contributed by atoms with Gasteiger partial charge in [0.1, 0.15) is 0 Å². The molecule has 1 amide bonds. The molecule has 0 heterocycles. The van der Waals surface area contributed by atoms with Crippen molar-refractivity contribution >= 4 is 12.0 Å². The van der Waals surface area contributed by atoms with Crippen molar-refractivity contribution in [3.63, 3.8) is 0 Å². The third kappa shape index (κ3) is 6.39. The molecule has 0 aromatic heterocycles. The second-order valence-corrected chi connectivity index (χ2v) is 4.35. The number of carbonyl (C=O) groups excluding carboxylic acids is 1. The lowest BCUT2D eigenvalue weighted by Gasteiger charge is -2.04. The normalized spacial score (nSPS) is 12.1. The number of hydrogen-bond acceptors (Lipinski definition) is 3. The van der Waals surface area contributed by atoms with Crippen molar-refractivity contribution in [3.05, 3.63) is 41.5 Å². The molecule has 1 aromatic carbocycles. The molecule has 0 saturated heterocycles. The standard InChI is InChI=1S/C15H18N2O2/c1-12(18)3-2-10-17-15(19)9-8-13-4-6-14(11-16)7-5-13/h4-9,12,18H,2-3,10H2,1H3,(H,17,19)/b9-8+. The molecule has 19 heavy (non-hydrogen) atoms. The minimum atomic E-state index is -0.328. The summed E-state index contributed by atoms with van der Waals surface area (Å²) in [6, 6.07) is 9.03. The monoisotopic (exact) mass is 258 g/mol. The largest absolute Gasteiger partial charge is 0.393 e. The van der Waals surface area contributed by atoms with Crippen LogP contribution in [-0.4, -0.2) is 23.7 Å². The molecule has 0 saturated carbocycles. The van der Waals surface area contributed by atoms with Gasteiger partial charge in [-0.1, -0.05) is 12.1 Å². The summed E-state index contributed by atoms with van der Waals surface area (Å²) in [6.07, 6.45) is 4.27. The molecule has 0 aliphatic carbocycles. The van der Waals surface area contributed by atoms with E-state index in [-0.39, 0.29) is 12.0 Å². The van der Waals surface area contributed by atoms with Crippen molar-refractivity contribution in [1.82, 2.24) is 5.32 Å². The summed E-state index contributed by atoms with van der Waals surface area (Å²) in [5, 5.41) is 20.5. The molecule has 0 bridgehead atoms. The fourth-order valence-electron chi connectivity index (χ4n) is 1.51. The van der Waals surface area contributed by atoms with Crippen molar-refractivity contribution in [2.45, 2.75) is 25.9 Å². The average Bonchev–Trinajstić information content (AvgIpc) is 2.41. The lowest BCUT2D eigenvalue weighted by molar-refractivity contribution is -0.116. The molecular weight excluding hydrogens is 240 g/mol. The van der Waals surface area contributed by atoms with E-state index in [1.54, 1.807) is 37.3 Å². The number of aliphatic hydroxyl groups is 1. The quantitative estimate of drug-likeness (QED) is 0.604. The Morgan fingerprint density at radius 1 is 1.47 bits per heavy atom. The van der Waals surface area contributed by atoms with Crippen LogP contribution in [0, 0.1) is 11.3 Å². The van der Waals surface area contributed by atoms with Crippen molar-refractivity contribution < 1.29 is 9.90 Å². The first-order valence-electron chi connectivity index (χ1n) is 6.26. The smallest absolute Gasteiger partial charge is 0.243 e. The van der Waals surface area contributed by atoms with E-state index in [0.29, 0.717) is 18.5 Å². The Kier molecular flexibility index (Phi) is 6.34. The molecule has 0 fully saturated rings. The van der Waals surface area contributed by atoms with E-state index < -0.39 is 0 Å². The van der Waals surface area contributed by atoms with Crippen LogP contribution in [0.2, 0.25) is 0 Å². The number of rotatable bonds is 6. The van der Waals surface area contributed by atoms with Gasteiger partial charge in [0, 0.05) is 12.6 Å². The summed E-state index contributed by atoms with van der Waals surface area (Å²) < 4.78 is 0. The van der Waals surface area contributed by atoms with Gasteiger partial charge in [0.25, 0.3) is 0 Å². The Bertz CT molecular complexity index is 470. The number of nitrogens with zero attached hydrogens (tertiary/aromatic N) is 1. The first kappa shape index (κ1) is 14.9. The van der Waals surface area contributed by atoms with Crippen LogP contribution in [0.15, 0.2) is 30.3 Å². The van der Waals surface area contributed by atoms with Crippen LogP contribution >= 0.6 is 0 Å². The van der Waals surface area contributed by atoms with E-state index in [9.17, 15) is 4.79 Å². The number of hydrogen-bond donors (Lipinski definition) is 2. The Morgan fingerprint density at radius 2 is 2.16 bits per heavy atom. The molecule has 1 rings (SSSR count). The van der Waals surface area contributed by atoms with Crippen LogP contribution in [0.4, 0.5) is 0 Å². The summed E-state index contributed by atoms with van der Waals surface area (Å²) >= 11 is 0. The highest BCUT2D eigenvalue weighted by molar-refractivity contribution is 5.91. The fourth-order valence-corrected chi connectivity index (χ4v) is 1.51. The van der Waals surface area contributed by atoms with Crippen LogP contribution < -0.4 is 5.32 Å². The molecule has 0 aliphatic rings. The van der Waals surface area contributed by atoms with Gasteiger partial charge in [-0.3, -0.25) is 4.79 Å². The number of amides is 1. The minimum absolute atomic E-state index is 0.157. The zero-order chi connectivity index (χ0) is 14.1. The topological polar surface area (TPSA) is 73.1 Å². The summed E-state index contributed by atoms with van der Waals surface area (Å²) in [5.41, 5.74) is 1.47. The Balaban J connectivity index is 2.34. The van der Waals surface area contributed by atoms with Crippen LogP contribution in [0.1, 0.15) is 30.9 Å². The van der Waals surface area contributed by atoms with Crippen LogP contribution in [0.3, 0.4) is 0 Å². The summed E-state index contributed by atoms with van der Waals surface area (Å²) in [7, 11) is 0. The molecule has 1 atom stereocenters. The molecule has 4 heteroatoms. The Hall–Kier alpha value is -2.12. The highest BCUT2D eigenvalue weighted by atomic mass is 16.3. The second-order valence-electron chi connectivity index (χ2n) is 4.35. The van der Waals surface area contributed by atoms with Crippen molar-refractivity contribution in [3.8, 4) is 6.07 Å². The number of aliphatic hydroxyl groups excluding tert-OH is 1. The van der Waals surface area contributed by atoms with Gasteiger partial charge in [-0.2, -0.15) is 5.26 Å². The van der Waals surface area contributed by atoms with Crippen LogP contribution in [0.25, 0.3) is 6.08 Å². The maximum Gasteiger partial charge on any atom is 0.243 e. The Labute approximate surface area is 113 Å². The first-order chi connectivity index (χ1) is 9.11. The predicted molar refractivity (Wildman–Crippen MR) is 74.1 cm³/mol. The van der Waals surface area contributed by atoms with Crippen LogP contribution in [0.5, 0.6) is 0 Å². The maximum absolute atomic E-state index is 11.5. The van der Waals surface area contributed by atoms with Crippen molar-refractivity contribution in [2.75, 3.05) is 6.54 Å². The van der Waals surface area contributed by atoms with Gasteiger partial charge >= 0.3 is 0 Å². The minimum Gasteiger partial charge on any atom is -0.393 e. The van der Waals surface area contributed by atoms with E-state index in [1.165, 1.54) is 6.08 Å². The zero-order valence-electron chi connectivity index (χ0n) is 11.0. The zero-order valence-corrected chi connectivity index (χ0v) is 11.0. The average molecular weight is 258 g/mol. The predicted octanol–water partition coefficient (Wildman–Crippen LogP) is 1.85. The molecular formula is C15H18N2O2. The number of benzene rings is 1. The van der Waals surface area contributed by atoms with E-state index >= 15 is 0 Å². The number of carbonyl (C=O) groups is 1. The first-order valence-corrected chi connectivity index (χ1v) is 6.26. The number of nitriles is 1. The molecule has 100 valence electrons. The van der Waals surface area contributed by atoms with Crippen LogP contribution in [-0.2, 0) is 4.79 Å². The lowest BCUT2D eigenvalue weighted by atomic mass is 10.1. The SMILES string of the molecule is CC(O)CCCNC(=O)/C=C/c1ccc(C#N)cc1. The lowest BCUT2D eigenvalue weighted by Crippen LogP contribution is -2.22.